The molecule has 10 heterocycles. The van der Waals surface area contributed by atoms with E-state index in [1.165, 1.54) is 6.92 Å². The number of carboxylic acids is 1. The lowest BCUT2D eigenvalue weighted by atomic mass is 10.4. The molecule has 0 saturated carbocycles. The molecule has 13 heteroatoms. The highest BCUT2D eigenvalue weighted by Gasteiger charge is 2.20. The number of methoxy groups -OCH3 is 1. The molecule has 1 atom stereocenters. The molecule has 0 radical (unpaired) electrons. The fraction of sp³-hybridized carbons (Fsp3) is 0.880. The van der Waals surface area contributed by atoms with Gasteiger partial charge in [0.15, 0.2) is 6.29 Å². The number of aliphatic carboxylic acids is 1. The van der Waals surface area contributed by atoms with E-state index in [0.29, 0.717) is 0 Å². The third kappa shape index (κ3) is 141. The van der Waals surface area contributed by atoms with Gasteiger partial charge in [-0.05, 0) is 6.92 Å². The summed E-state index contributed by atoms with van der Waals surface area (Å²) in [6.07, 6.45) is 0.134. The van der Waals surface area contributed by atoms with Gasteiger partial charge in [0, 0.05) is 12.7 Å². The van der Waals surface area contributed by atoms with E-state index in [0.717, 1.165) is 126 Å². The molecule has 0 aromatic carbocycles. The highest BCUT2D eigenvalue weighted by Crippen LogP contribution is 2.06. The van der Waals surface area contributed by atoms with Gasteiger partial charge in [0.2, 0.25) is 0 Å². The Kier molecular flexibility index (Phi) is 29.3. The number of carboxylic acid groups (broad SMARTS) is 1. The highest BCUT2D eigenvalue weighted by atomic mass is 16.8. The standard InChI is InChI=1S/C4H6O2.C3H6O2.9C2H4O/c1-3(2)4(5)6;1-4-3-2-5-3;9*1-2-3-1/h1H2,2H3,(H,5,6);3H,2H2,1H3;9*1-2H2. The number of hydrogen-bond acceptors (Lipinski definition) is 12. The van der Waals surface area contributed by atoms with Crippen LogP contribution in [-0.2, 0) is 56.9 Å². The van der Waals surface area contributed by atoms with Crippen LogP contribution >= 0.6 is 0 Å². The molecule has 10 aliphatic heterocycles. The first-order chi connectivity index (χ1) is 18.6. The molecule has 13 nitrogen and oxygen atoms in total. The summed E-state index contributed by atoms with van der Waals surface area (Å²) in [6, 6.07) is 0. The van der Waals surface area contributed by atoms with E-state index < -0.39 is 5.97 Å². The topological polar surface area (TPSA) is 172 Å². The fourth-order valence-corrected chi connectivity index (χ4v) is 0.175. The molecule has 10 rings (SSSR count). The first kappa shape index (κ1) is 36.8. The molecule has 1 unspecified atom stereocenters. The van der Waals surface area contributed by atoms with Gasteiger partial charge in [0.05, 0.1) is 119 Å². The first-order valence-corrected chi connectivity index (χ1v) is 12.8. The van der Waals surface area contributed by atoms with Crippen LogP contribution in [0.3, 0.4) is 0 Å². The van der Waals surface area contributed by atoms with E-state index >= 15 is 0 Å². The predicted octanol–water partition coefficient (Wildman–Crippen LogP) is 0.786. The molecule has 0 aliphatic carbocycles. The largest absolute Gasteiger partial charge is 0.478 e. The van der Waals surface area contributed by atoms with Crippen molar-refractivity contribution in [3.8, 4) is 0 Å². The molecular formula is C25H48O13. The second kappa shape index (κ2) is 30.3. The predicted molar refractivity (Wildman–Crippen MR) is 137 cm³/mol. The average Bonchev–Trinajstić information content (AvgIpc) is 3.86. The zero-order valence-corrected chi connectivity index (χ0v) is 23.1. The lowest BCUT2D eigenvalue weighted by molar-refractivity contribution is -0.132. The minimum atomic E-state index is -0.935. The van der Waals surface area contributed by atoms with Gasteiger partial charge in [0.1, 0.15) is 6.61 Å². The van der Waals surface area contributed by atoms with Crippen molar-refractivity contribution in [3.63, 3.8) is 0 Å². The van der Waals surface area contributed by atoms with Crippen LogP contribution in [0.15, 0.2) is 12.2 Å². The van der Waals surface area contributed by atoms with Crippen molar-refractivity contribution in [1.29, 1.82) is 0 Å². The van der Waals surface area contributed by atoms with Crippen LogP contribution in [0.5, 0.6) is 0 Å². The Morgan fingerprint density at radius 3 is 0.711 bits per heavy atom. The van der Waals surface area contributed by atoms with Crippen molar-refractivity contribution in [2.24, 2.45) is 0 Å². The van der Waals surface area contributed by atoms with Gasteiger partial charge in [-0.25, -0.2) is 4.79 Å². The molecule has 0 amide bonds. The first-order valence-electron chi connectivity index (χ1n) is 12.8. The summed E-state index contributed by atoms with van der Waals surface area (Å²) in [7, 11) is 1.64. The Labute approximate surface area is 226 Å². The average molecular weight is 557 g/mol. The molecule has 1 N–H and O–H groups in total. The smallest absolute Gasteiger partial charge is 0.330 e. The van der Waals surface area contributed by atoms with Gasteiger partial charge >= 0.3 is 5.97 Å². The maximum atomic E-state index is 9.60. The van der Waals surface area contributed by atoms with E-state index in [4.69, 9.17) is 5.11 Å². The number of epoxide rings is 10. The molecule has 0 bridgehead atoms. The summed E-state index contributed by atoms with van der Waals surface area (Å²) in [5.74, 6) is -0.935. The number of hydrogen-bond donors (Lipinski definition) is 1. The van der Waals surface area contributed by atoms with Crippen LogP contribution in [0.2, 0.25) is 0 Å². The highest BCUT2D eigenvalue weighted by molar-refractivity contribution is 5.84. The van der Waals surface area contributed by atoms with Crippen molar-refractivity contribution < 1.29 is 62.0 Å². The summed E-state index contributed by atoms with van der Waals surface area (Å²) in [4.78, 5) is 9.60. The molecule has 0 aromatic heterocycles. The molecule has 10 aliphatic rings. The van der Waals surface area contributed by atoms with Crippen LogP contribution in [0, 0.1) is 0 Å². The summed E-state index contributed by atoms with van der Waals surface area (Å²) >= 11 is 0. The van der Waals surface area contributed by atoms with Crippen LogP contribution < -0.4 is 0 Å². The lowest BCUT2D eigenvalue weighted by Crippen LogP contribution is -1.92. The number of carbonyl (C=O) groups is 1. The molecule has 0 spiro atoms. The van der Waals surface area contributed by atoms with Gasteiger partial charge in [-0.15, -0.1) is 0 Å². The van der Waals surface area contributed by atoms with Crippen LogP contribution in [0.1, 0.15) is 6.92 Å². The third-order valence-corrected chi connectivity index (χ3v) is 2.77. The van der Waals surface area contributed by atoms with E-state index in [-0.39, 0.29) is 11.9 Å². The van der Waals surface area contributed by atoms with Gasteiger partial charge in [-0.2, -0.15) is 0 Å². The van der Waals surface area contributed by atoms with E-state index in [9.17, 15) is 4.79 Å². The minimum Gasteiger partial charge on any atom is -0.478 e. The molecule has 226 valence electrons. The molecule has 0 aromatic rings. The molecule has 10 saturated heterocycles. The van der Waals surface area contributed by atoms with E-state index in [2.05, 4.69) is 58.7 Å². The Morgan fingerprint density at radius 2 is 0.711 bits per heavy atom. The quantitative estimate of drug-likeness (QED) is 0.374. The zero-order chi connectivity index (χ0) is 27.9. The number of ether oxygens (including phenoxy) is 11. The maximum absolute atomic E-state index is 9.60. The second-order valence-corrected chi connectivity index (χ2v) is 7.60. The van der Waals surface area contributed by atoms with Gasteiger partial charge in [-0.1, -0.05) is 6.58 Å². The summed E-state index contributed by atoms with van der Waals surface area (Å²) in [5.41, 5.74) is 0.176. The molecular weight excluding hydrogens is 508 g/mol. The van der Waals surface area contributed by atoms with Crippen LogP contribution in [0.4, 0.5) is 0 Å². The summed E-state index contributed by atoms with van der Waals surface area (Å²) in [5, 5.41) is 7.89. The van der Waals surface area contributed by atoms with Crippen molar-refractivity contribution in [1.82, 2.24) is 0 Å². The van der Waals surface area contributed by atoms with Crippen LogP contribution in [-0.4, -0.2) is 150 Å². The number of rotatable bonds is 2. The van der Waals surface area contributed by atoms with Crippen LogP contribution in [0.25, 0.3) is 0 Å². The Morgan fingerprint density at radius 1 is 0.579 bits per heavy atom. The minimum absolute atomic E-state index is 0.134. The van der Waals surface area contributed by atoms with Gasteiger partial charge in [-0.3, -0.25) is 0 Å². The van der Waals surface area contributed by atoms with Crippen molar-refractivity contribution >= 4 is 5.97 Å². The summed E-state index contributed by atoms with van der Waals surface area (Å²) in [6.45, 7) is 23.4. The Balaban J connectivity index is 0.000000399. The Bertz CT molecular complexity index is 377. The fourth-order valence-electron chi connectivity index (χ4n) is 0.175. The van der Waals surface area contributed by atoms with E-state index in [1.54, 1.807) is 7.11 Å². The van der Waals surface area contributed by atoms with Gasteiger partial charge in [0.25, 0.3) is 0 Å². The second-order valence-electron chi connectivity index (χ2n) is 7.60. The zero-order valence-electron chi connectivity index (χ0n) is 23.1. The third-order valence-electron chi connectivity index (χ3n) is 2.77. The molecule has 38 heavy (non-hydrogen) atoms. The normalized spacial score (nSPS) is 22.7. The lowest BCUT2D eigenvalue weighted by Gasteiger charge is -1.79. The van der Waals surface area contributed by atoms with E-state index in [1.807, 2.05) is 0 Å². The van der Waals surface area contributed by atoms with Gasteiger partial charge < -0.3 is 57.2 Å². The maximum Gasteiger partial charge on any atom is 0.330 e. The Hall–Kier alpha value is -1.23. The van der Waals surface area contributed by atoms with Crippen molar-refractivity contribution in [3.05, 3.63) is 12.2 Å². The van der Waals surface area contributed by atoms with Crippen molar-refractivity contribution in [2.75, 3.05) is 133 Å². The summed E-state index contributed by atoms with van der Waals surface area (Å²) < 4.78 is 49.8. The monoisotopic (exact) mass is 556 g/mol. The molecule has 10 fully saturated rings. The van der Waals surface area contributed by atoms with Crippen molar-refractivity contribution in [2.45, 2.75) is 13.2 Å². The SMILES string of the molecule is C1CO1.C1CO1.C1CO1.C1CO1.C1CO1.C1CO1.C1CO1.C1CO1.C1CO1.C=C(C)C(=O)O.COC1CO1.